The Morgan fingerprint density at radius 3 is 1.69 bits per heavy atom. The molecule has 0 unspecified atom stereocenters. The van der Waals surface area contributed by atoms with Gasteiger partial charge in [-0.15, -0.1) is 0 Å². The van der Waals surface area contributed by atoms with Crippen LogP contribution in [0.15, 0.2) is 0 Å². The summed E-state index contributed by atoms with van der Waals surface area (Å²) >= 11 is 0. The van der Waals surface area contributed by atoms with E-state index in [-0.39, 0.29) is 24.8 Å². The van der Waals surface area contributed by atoms with Crippen molar-refractivity contribution in [2.75, 3.05) is 0 Å². The molecule has 0 radical (unpaired) electrons. The Hall–Kier alpha value is -0.773. The molecule has 0 spiro atoms. The summed E-state index contributed by atoms with van der Waals surface area (Å²) in [5, 5.41) is 23.0. The fraction of sp³-hybridized carbons (Fsp3) is 0.800. The number of rotatable bonds is 2. The van der Waals surface area contributed by atoms with Crippen LogP contribution in [0.5, 0.6) is 0 Å². The molecule has 0 fully saturated rings. The van der Waals surface area contributed by atoms with Crippen LogP contribution in [-0.4, -0.2) is 22.2 Å². The van der Waals surface area contributed by atoms with Gasteiger partial charge in [0.2, 0.25) is 0 Å². The first-order chi connectivity index (χ1) is 5.29. The first kappa shape index (κ1) is 18.1. The summed E-state index contributed by atoms with van der Waals surface area (Å²) in [4.78, 5) is 18.3. The van der Waals surface area contributed by atoms with Gasteiger partial charge in [0.1, 0.15) is 6.04 Å². The third-order valence-electron chi connectivity index (χ3n) is 1.00. The summed E-state index contributed by atoms with van der Waals surface area (Å²) in [7, 11) is 0. The van der Waals surface area contributed by atoms with Crippen LogP contribution in [-0.2, 0) is 4.79 Å². The molecule has 0 aromatic carbocycles. The Morgan fingerprint density at radius 2 is 1.69 bits per heavy atom. The van der Waals surface area contributed by atoms with E-state index < -0.39 is 17.1 Å². The van der Waals surface area contributed by atoms with Gasteiger partial charge in [0.25, 0.3) is 0 Å². The topological polar surface area (TPSA) is 130 Å². The van der Waals surface area contributed by atoms with Gasteiger partial charge in [0, 0.05) is 0 Å². The molecule has 7 nitrogen and oxygen atoms in total. The molecule has 1 atom stereocenters. The second-order valence-corrected chi connectivity index (χ2v) is 2.33. The van der Waals surface area contributed by atoms with Crippen molar-refractivity contribution < 1.29 is 33.8 Å². The van der Waals surface area contributed by atoms with Gasteiger partial charge in [-0.05, 0) is 5.92 Å². The second-order valence-electron chi connectivity index (χ2n) is 2.33. The summed E-state index contributed by atoms with van der Waals surface area (Å²) in [6.07, 6.45) is 0. The minimum Gasteiger partial charge on any atom is -0.480 e. The standard InChI is InChI=1S/C5H11NO2.Li.NO3/c1-3(2)4(6)5(7)8;;2-1(3)4/h3-4H,6H2,1-2H3,(H,7,8);;/q;+1;-1/t4-;;/m0../s1. The maximum absolute atomic E-state index is 10.0. The predicted octanol–water partition coefficient (Wildman–Crippen LogP) is -3.18. The second kappa shape index (κ2) is 9.32. The predicted molar refractivity (Wildman–Crippen MR) is 40.8 cm³/mol. The quantitative estimate of drug-likeness (QED) is 0.265. The Morgan fingerprint density at radius 1 is 1.46 bits per heavy atom. The van der Waals surface area contributed by atoms with Crippen LogP contribution in [0.3, 0.4) is 0 Å². The fourth-order valence-corrected chi connectivity index (χ4v) is 0.285. The molecule has 0 saturated carbocycles. The van der Waals surface area contributed by atoms with Crippen LogP contribution in [0.25, 0.3) is 0 Å². The van der Waals surface area contributed by atoms with Crippen molar-refractivity contribution in [1.29, 1.82) is 0 Å². The Labute approximate surface area is 87.2 Å². The average Bonchev–Trinajstić information content (AvgIpc) is 1.84. The third kappa shape index (κ3) is 18.3. The number of carbonyl (C=O) groups is 1. The molecule has 0 aromatic rings. The van der Waals surface area contributed by atoms with E-state index in [4.69, 9.17) is 26.2 Å². The van der Waals surface area contributed by atoms with Crippen LogP contribution in [0.2, 0.25) is 0 Å². The molecule has 13 heavy (non-hydrogen) atoms. The van der Waals surface area contributed by atoms with Crippen LogP contribution in [0, 0.1) is 21.2 Å². The van der Waals surface area contributed by atoms with Crippen LogP contribution >= 0.6 is 0 Å². The van der Waals surface area contributed by atoms with E-state index in [9.17, 15) is 4.79 Å². The van der Waals surface area contributed by atoms with E-state index in [1.165, 1.54) is 0 Å². The first-order valence-corrected chi connectivity index (χ1v) is 3.09. The molecule has 0 aliphatic carbocycles. The fourth-order valence-electron chi connectivity index (χ4n) is 0.285. The first-order valence-electron chi connectivity index (χ1n) is 3.09. The van der Waals surface area contributed by atoms with Crippen molar-refractivity contribution in [1.82, 2.24) is 0 Å². The number of carboxylic acid groups (broad SMARTS) is 1. The van der Waals surface area contributed by atoms with E-state index >= 15 is 0 Å². The van der Waals surface area contributed by atoms with Crippen molar-refractivity contribution in [3.05, 3.63) is 15.3 Å². The summed E-state index contributed by atoms with van der Waals surface area (Å²) < 4.78 is 0. The largest absolute Gasteiger partial charge is 1.00 e. The van der Waals surface area contributed by atoms with Gasteiger partial charge in [-0.3, -0.25) is 4.79 Å². The Balaban J connectivity index is -0.000000173. The molecule has 0 saturated heterocycles. The summed E-state index contributed by atoms with van der Waals surface area (Å²) in [6, 6.07) is -0.713. The van der Waals surface area contributed by atoms with Gasteiger partial charge in [0.15, 0.2) is 0 Å². The van der Waals surface area contributed by atoms with E-state index in [1.54, 1.807) is 13.8 Å². The number of hydrogen-bond donors (Lipinski definition) is 2. The molecule has 0 aliphatic heterocycles. The zero-order valence-corrected chi connectivity index (χ0v) is 7.76. The van der Waals surface area contributed by atoms with Crippen LogP contribution < -0.4 is 24.6 Å². The monoisotopic (exact) mass is 186 g/mol. The summed E-state index contributed by atoms with van der Waals surface area (Å²) in [6.45, 7) is 3.55. The van der Waals surface area contributed by atoms with Gasteiger partial charge < -0.3 is 26.2 Å². The molecular formula is C5H11LiN2O5. The van der Waals surface area contributed by atoms with Gasteiger partial charge in [-0.2, -0.15) is 0 Å². The van der Waals surface area contributed by atoms with Crippen LogP contribution in [0.4, 0.5) is 0 Å². The minimum absolute atomic E-state index is 0. The van der Waals surface area contributed by atoms with E-state index in [0.29, 0.717) is 0 Å². The molecule has 8 heteroatoms. The van der Waals surface area contributed by atoms with Crippen molar-refractivity contribution >= 4 is 5.97 Å². The number of aliphatic carboxylic acids is 1. The van der Waals surface area contributed by atoms with Crippen molar-refractivity contribution in [2.45, 2.75) is 19.9 Å². The molecule has 0 aromatic heterocycles. The number of nitrogens with zero attached hydrogens (tertiary/aromatic N) is 1. The molecule has 0 rings (SSSR count). The van der Waals surface area contributed by atoms with Crippen molar-refractivity contribution in [2.24, 2.45) is 11.7 Å². The molecule has 0 heterocycles. The molecule has 72 valence electrons. The Kier molecular flexibility index (Phi) is 13.0. The SMILES string of the molecule is CC(C)[C@H](N)C(=O)O.O=[N+]([O-])[O-].[Li+]. The van der Waals surface area contributed by atoms with E-state index in [0.717, 1.165) is 0 Å². The van der Waals surface area contributed by atoms with Gasteiger partial charge in [-0.25, -0.2) is 0 Å². The summed E-state index contributed by atoms with van der Waals surface area (Å²) in [5.74, 6) is -0.910. The maximum atomic E-state index is 10.0. The smallest absolute Gasteiger partial charge is 0.480 e. The maximum Gasteiger partial charge on any atom is 1.00 e. The third-order valence-corrected chi connectivity index (χ3v) is 1.00. The zero-order chi connectivity index (χ0) is 10.3. The number of carboxylic acids is 1. The molecule has 3 N–H and O–H groups in total. The van der Waals surface area contributed by atoms with Crippen molar-refractivity contribution in [3.63, 3.8) is 0 Å². The Bertz CT molecular complexity index is 159. The van der Waals surface area contributed by atoms with Gasteiger partial charge in [-0.1, -0.05) is 13.8 Å². The molecular weight excluding hydrogens is 175 g/mol. The number of nitrogens with two attached hydrogens (primary N) is 1. The van der Waals surface area contributed by atoms with Gasteiger partial charge >= 0.3 is 24.8 Å². The minimum atomic E-state index is -1.75. The van der Waals surface area contributed by atoms with Crippen molar-refractivity contribution in [3.8, 4) is 0 Å². The zero-order valence-electron chi connectivity index (χ0n) is 7.76. The summed E-state index contributed by atoms with van der Waals surface area (Å²) in [5.41, 5.74) is 5.16. The molecule has 0 aliphatic rings. The van der Waals surface area contributed by atoms with E-state index in [2.05, 4.69) is 0 Å². The normalized spacial score (nSPS) is 10.5. The molecule has 0 bridgehead atoms. The average molecular weight is 186 g/mol. The molecule has 0 amide bonds. The van der Waals surface area contributed by atoms with Gasteiger partial charge in [0.05, 0.1) is 5.09 Å². The number of hydrogen-bond acceptors (Lipinski definition) is 5. The van der Waals surface area contributed by atoms with Crippen LogP contribution in [0.1, 0.15) is 13.8 Å². The van der Waals surface area contributed by atoms with E-state index in [1.807, 2.05) is 0 Å².